The molecular formula is C18H29N. The monoisotopic (exact) mass is 259 g/mol. The summed E-state index contributed by atoms with van der Waals surface area (Å²) in [4.78, 5) is 0. The number of hydrogen-bond acceptors (Lipinski definition) is 1. The minimum Gasteiger partial charge on any atom is -0.330 e. The smallest absolute Gasteiger partial charge is 0.000546 e. The molecule has 19 heavy (non-hydrogen) atoms. The molecule has 2 N–H and O–H groups in total. The molecule has 1 saturated carbocycles. The standard InChI is InChI=1S/C18H29N/c1-2-3-9-15-12-7-8-13-17(15)18(14-19)16-10-5-4-6-11-16/h7-8,12-13,16,18H,2-6,9-11,14,19H2,1H3. The molecular weight excluding hydrogens is 230 g/mol. The van der Waals surface area contributed by atoms with Crippen LogP contribution in [0.1, 0.15) is 68.9 Å². The predicted octanol–water partition coefficient (Wildman–Crippen LogP) is 4.65. The van der Waals surface area contributed by atoms with E-state index in [2.05, 4.69) is 31.2 Å². The van der Waals surface area contributed by atoms with Crippen LogP contribution in [-0.2, 0) is 6.42 Å². The van der Waals surface area contributed by atoms with E-state index in [-0.39, 0.29) is 0 Å². The van der Waals surface area contributed by atoms with E-state index >= 15 is 0 Å². The van der Waals surface area contributed by atoms with Crippen molar-refractivity contribution in [1.29, 1.82) is 0 Å². The van der Waals surface area contributed by atoms with Gasteiger partial charge in [0.2, 0.25) is 0 Å². The molecule has 0 saturated heterocycles. The number of benzene rings is 1. The number of hydrogen-bond donors (Lipinski definition) is 1. The first-order valence-corrected chi connectivity index (χ1v) is 8.14. The molecule has 1 aliphatic rings. The predicted molar refractivity (Wildman–Crippen MR) is 83.4 cm³/mol. The Morgan fingerprint density at radius 1 is 1.16 bits per heavy atom. The highest BCUT2D eigenvalue weighted by atomic mass is 14.6. The van der Waals surface area contributed by atoms with E-state index in [4.69, 9.17) is 5.73 Å². The van der Waals surface area contributed by atoms with E-state index in [1.54, 1.807) is 11.1 Å². The lowest BCUT2D eigenvalue weighted by atomic mass is 9.75. The summed E-state index contributed by atoms with van der Waals surface area (Å²) in [5.74, 6) is 1.41. The van der Waals surface area contributed by atoms with E-state index in [1.807, 2.05) is 0 Å². The molecule has 1 aromatic carbocycles. The third-order valence-corrected chi connectivity index (χ3v) is 4.73. The highest BCUT2D eigenvalue weighted by Gasteiger charge is 2.25. The second-order valence-electron chi connectivity index (χ2n) is 6.04. The van der Waals surface area contributed by atoms with Crippen molar-refractivity contribution in [1.82, 2.24) is 0 Å². The highest BCUT2D eigenvalue weighted by molar-refractivity contribution is 5.31. The molecule has 2 rings (SSSR count). The molecule has 1 atom stereocenters. The van der Waals surface area contributed by atoms with Gasteiger partial charge in [0.15, 0.2) is 0 Å². The van der Waals surface area contributed by atoms with Gasteiger partial charge in [-0.1, -0.05) is 56.9 Å². The van der Waals surface area contributed by atoms with Gasteiger partial charge in [-0.05, 0) is 55.2 Å². The Kier molecular flexibility index (Phi) is 5.91. The highest BCUT2D eigenvalue weighted by Crippen LogP contribution is 2.36. The van der Waals surface area contributed by atoms with E-state index in [9.17, 15) is 0 Å². The van der Waals surface area contributed by atoms with Crippen LogP contribution in [0.2, 0.25) is 0 Å². The lowest BCUT2D eigenvalue weighted by Crippen LogP contribution is -2.24. The summed E-state index contributed by atoms with van der Waals surface area (Å²) >= 11 is 0. The van der Waals surface area contributed by atoms with Gasteiger partial charge in [0, 0.05) is 0 Å². The average molecular weight is 259 g/mol. The van der Waals surface area contributed by atoms with Gasteiger partial charge in [-0.15, -0.1) is 0 Å². The first kappa shape index (κ1) is 14.6. The number of rotatable bonds is 6. The fraction of sp³-hybridized carbons (Fsp3) is 0.667. The van der Waals surface area contributed by atoms with Crippen LogP contribution >= 0.6 is 0 Å². The fourth-order valence-corrected chi connectivity index (χ4v) is 3.60. The van der Waals surface area contributed by atoms with Crippen molar-refractivity contribution < 1.29 is 0 Å². The van der Waals surface area contributed by atoms with Crippen molar-refractivity contribution in [2.75, 3.05) is 6.54 Å². The number of aryl methyl sites for hydroxylation is 1. The van der Waals surface area contributed by atoms with E-state index in [0.717, 1.165) is 12.5 Å². The summed E-state index contributed by atoms with van der Waals surface area (Å²) in [6, 6.07) is 9.02. The van der Waals surface area contributed by atoms with Crippen molar-refractivity contribution in [2.24, 2.45) is 11.7 Å². The quantitative estimate of drug-likeness (QED) is 0.790. The Morgan fingerprint density at radius 2 is 1.89 bits per heavy atom. The van der Waals surface area contributed by atoms with Gasteiger partial charge in [-0.25, -0.2) is 0 Å². The maximum Gasteiger partial charge on any atom is -0.000546 e. The van der Waals surface area contributed by atoms with Gasteiger partial charge >= 0.3 is 0 Å². The Labute approximate surface area is 118 Å². The molecule has 1 fully saturated rings. The largest absolute Gasteiger partial charge is 0.330 e. The minimum absolute atomic E-state index is 0.591. The van der Waals surface area contributed by atoms with Crippen molar-refractivity contribution in [3.63, 3.8) is 0 Å². The van der Waals surface area contributed by atoms with Crippen molar-refractivity contribution >= 4 is 0 Å². The summed E-state index contributed by atoms with van der Waals surface area (Å²) in [6.07, 6.45) is 10.8. The molecule has 1 aromatic rings. The zero-order valence-corrected chi connectivity index (χ0v) is 12.4. The van der Waals surface area contributed by atoms with Crippen LogP contribution in [0.4, 0.5) is 0 Å². The molecule has 1 unspecified atom stereocenters. The first-order valence-electron chi connectivity index (χ1n) is 8.14. The van der Waals surface area contributed by atoms with Crippen LogP contribution in [-0.4, -0.2) is 6.54 Å². The van der Waals surface area contributed by atoms with Crippen LogP contribution in [0.3, 0.4) is 0 Å². The molecule has 106 valence electrons. The molecule has 1 heteroatoms. The van der Waals surface area contributed by atoms with E-state index in [1.165, 1.54) is 51.4 Å². The van der Waals surface area contributed by atoms with Crippen LogP contribution in [0.15, 0.2) is 24.3 Å². The molecule has 0 aliphatic heterocycles. The Balaban J connectivity index is 2.16. The summed E-state index contributed by atoms with van der Waals surface area (Å²) in [6.45, 7) is 3.08. The minimum atomic E-state index is 0.591. The zero-order chi connectivity index (χ0) is 13.5. The third kappa shape index (κ3) is 3.82. The topological polar surface area (TPSA) is 26.0 Å². The van der Waals surface area contributed by atoms with Crippen molar-refractivity contribution in [3.8, 4) is 0 Å². The second kappa shape index (κ2) is 7.69. The van der Waals surface area contributed by atoms with Gasteiger partial charge in [-0.3, -0.25) is 0 Å². The Bertz CT molecular complexity index is 366. The molecule has 1 nitrogen and oxygen atoms in total. The number of nitrogens with two attached hydrogens (primary N) is 1. The lowest BCUT2D eigenvalue weighted by Gasteiger charge is -2.31. The second-order valence-corrected chi connectivity index (χ2v) is 6.04. The maximum absolute atomic E-state index is 6.13. The normalized spacial score (nSPS) is 18.4. The van der Waals surface area contributed by atoms with Gasteiger partial charge < -0.3 is 5.73 Å². The van der Waals surface area contributed by atoms with E-state index in [0.29, 0.717) is 5.92 Å². The third-order valence-electron chi connectivity index (χ3n) is 4.73. The zero-order valence-electron chi connectivity index (χ0n) is 12.4. The number of unbranched alkanes of at least 4 members (excludes halogenated alkanes) is 1. The summed E-state index contributed by atoms with van der Waals surface area (Å²) in [7, 11) is 0. The molecule has 0 radical (unpaired) electrons. The molecule has 0 amide bonds. The maximum atomic E-state index is 6.13. The molecule has 0 bridgehead atoms. The van der Waals surface area contributed by atoms with Crippen LogP contribution in [0.25, 0.3) is 0 Å². The average Bonchev–Trinajstić information content (AvgIpc) is 2.48. The van der Waals surface area contributed by atoms with E-state index < -0.39 is 0 Å². The summed E-state index contributed by atoms with van der Waals surface area (Å²) in [5.41, 5.74) is 9.23. The lowest BCUT2D eigenvalue weighted by molar-refractivity contribution is 0.306. The van der Waals surface area contributed by atoms with Crippen LogP contribution in [0.5, 0.6) is 0 Å². The fourth-order valence-electron chi connectivity index (χ4n) is 3.60. The Hall–Kier alpha value is -0.820. The van der Waals surface area contributed by atoms with Gasteiger partial charge in [0.1, 0.15) is 0 Å². The SMILES string of the molecule is CCCCc1ccccc1C(CN)C1CCCCC1. The molecule has 0 heterocycles. The Morgan fingerprint density at radius 3 is 2.58 bits per heavy atom. The van der Waals surface area contributed by atoms with Gasteiger partial charge in [0.05, 0.1) is 0 Å². The van der Waals surface area contributed by atoms with Gasteiger partial charge in [0.25, 0.3) is 0 Å². The van der Waals surface area contributed by atoms with Gasteiger partial charge in [-0.2, -0.15) is 0 Å². The van der Waals surface area contributed by atoms with Crippen LogP contribution in [0, 0.1) is 5.92 Å². The molecule has 0 spiro atoms. The van der Waals surface area contributed by atoms with Crippen LogP contribution < -0.4 is 5.73 Å². The van der Waals surface area contributed by atoms with Crippen molar-refractivity contribution in [3.05, 3.63) is 35.4 Å². The van der Waals surface area contributed by atoms with Crippen molar-refractivity contribution in [2.45, 2.75) is 64.2 Å². The molecule has 0 aromatic heterocycles. The summed E-state index contributed by atoms with van der Waals surface area (Å²) in [5, 5.41) is 0. The first-order chi connectivity index (χ1) is 9.36. The molecule has 1 aliphatic carbocycles. The summed E-state index contributed by atoms with van der Waals surface area (Å²) < 4.78 is 0.